The van der Waals surface area contributed by atoms with Crippen LogP contribution in [0.15, 0.2) is 18.2 Å². The van der Waals surface area contributed by atoms with Crippen molar-refractivity contribution in [3.8, 4) is 5.75 Å². The Morgan fingerprint density at radius 2 is 2.05 bits per heavy atom. The van der Waals surface area contributed by atoms with Gasteiger partial charge in [-0.25, -0.2) is 0 Å². The molecule has 1 aliphatic heterocycles. The molecule has 1 aromatic rings. The number of aliphatic carboxylic acids is 1. The van der Waals surface area contributed by atoms with E-state index in [1.807, 2.05) is 6.07 Å². The van der Waals surface area contributed by atoms with Gasteiger partial charge < -0.3 is 15.1 Å². The molecule has 19 heavy (non-hydrogen) atoms. The zero-order valence-corrected chi connectivity index (χ0v) is 11.8. The van der Waals surface area contributed by atoms with E-state index in [0.717, 1.165) is 11.3 Å². The zero-order valence-electron chi connectivity index (χ0n) is 11.8. The molecule has 2 N–H and O–H groups in total. The van der Waals surface area contributed by atoms with Crippen molar-refractivity contribution in [1.82, 2.24) is 0 Å². The highest BCUT2D eigenvalue weighted by atomic mass is 16.4. The van der Waals surface area contributed by atoms with Crippen molar-refractivity contribution in [3.05, 3.63) is 23.8 Å². The second-order valence-corrected chi connectivity index (χ2v) is 6.06. The van der Waals surface area contributed by atoms with E-state index in [1.54, 1.807) is 26.0 Å². The van der Waals surface area contributed by atoms with Gasteiger partial charge in [-0.1, -0.05) is 0 Å². The number of phenols is 1. The lowest BCUT2D eigenvalue weighted by Gasteiger charge is -2.39. The number of fused-ring (bicyclic) bond motifs is 1. The minimum atomic E-state index is -0.834. The zero-order chi connectivity index (χ0) is 14.4. The highest BCUT2D eigenvalue weighted by molar-refractivity contribution is 5.77. The van der Waals surface area contributed by atoms with Gasteiger partial charge in [-0.15, -0.1) is 0 Å². The molecule has 0 aromatic heterocycles. The van der Waals surface area contributed by atoms with E-state index in [0.29, 0.717) is 6.42 Å². The first kappa shape index (κ1) is 13.7. The van der Waals surface area contributed by atoms with Crippen LogP contribution < -0.4 is 4.90 Å². The number of anilines is 1. The number of carbonyl (C=O) groups is 1. The molecular formula is C15H21NO3. The van der Waals surface area contributed by atoms with Gasteiger partial charge in [0.25, 0.3) is 0 Å². The maximum Gasteiger partial charge on any atom is 0.311 e. The molecule has 1 heterocycles. The van der Waals surface area contributed by atoms with E-state index in [4.69, 9.17) is 0 Å². The Kier molecular flexibility index (Phi) is 3.20. The van der Waals surface area contributed by atoms with Crippen molar-refractivity contribution < 1.29 is 15.0 Å². The van der Waals surface area contributed by atoms with Gasteiger partial charge in [0, 0.05) is 17.8 Å². The van der Waals surface area contributed by atoms with Crippen LogP contribution >= 0.6 is 0 Å². The summed E-state index contributed by atoms with van der Waals surface area (Å²) in [5.74, 6) is -0.559. The molecule has 1 unspecified atom stereocenters. The smallest absolute Gasteiger partial charge is 0.311 e. The summed E-state index contributed by atoms with van der Waals surface area (Å²) < 4.78 is 0. The molecule has 1 aromatic carbocycles. The molecule has 4 heteroatoms. The second-order valence-electron chi connectivity index (χ2n) is 6.06. The largest absolute Gasteiger partial charge is 0.508 e. The van der Waals surface area contributed by atoms with E-state index in [-0.39, 0.29) is 17.8 Å². The summed E-state index contributed by atoms with van der Waals surface area (Å²) >= 11 is 0. The number of hydrogen-bond acceptors (Lipinski definition) is 3. The summed E-state index contributed by atoms with van der Waals surface area (Å²) in [6.07, 6.45) is 0.654. The van der Waals surface area contributed by atoms with E-state index in [9.17, 15) is 15.0 Å². The average molecular weight is 263 g/mol. The fourth-order valence-electron chi connectivity index (χ4n) is 2.85. The van der Waals surface area contributed by atoms with Crippen LogP contribution in [0.2, 0.25) is 0 Å². The van der Waals surface area contributed by atoms with Gasteiger partial charge >= 0.3 is 5.97 Å². The Morgan fingerprint density at radius 1 is 1.42 bits per heavy atom. The molecule has 0 amide bonds. The fraction of sp³-hybridized carbons (Fsp3) is 0.533. The van der Waals surface area contributed by atoms with Crippen LogP contribution in [0.25, 0.3) is 0 Å². The van der Waals surface area contributed by atoms with Gasteiger partial charge in [0.1, 0.15) is 5.75 Å². The highest BCUT2D eigenvalue weighted by Gasteiger charge is 2.45. The standard InChI is InChI=1S/C15H21NO3/c1-9(2)16-12-6-5-11(17)7-10(12)8-13(16)15(3,4)14(18)19/h5-7,9,13,17H,8H2,1-4H3,(H,18,19). The number of nitrogens with zero attached hydrogens (tertiary/aromatic N) is 1. The number of aromatic hydroxyl groups is 1. The summed E-state index contributed by atoms with van der Waals surface area (Å²) in [7, 11) is 0. The van der Waals surface area contributed by atoms with Crippen molar-refractivity contribution in [2.75, 3.05) is 4.90 Å². The van der Waals surface area contributed by atoms with Crippen molar-refractivity contribution in [2.45, 2.75) is 46.2 Å². The maximum absolute atomic E-state index is 11.5. The number of carboxylic acids is 1. The molecule has 4 nitrogen and oxygen atoms in total. The van der Waals surface area contributed by atoms with E-state index >= 15 is 0 Å². The first-order valence-electron chi connectivity index (χ1n) is 6.58. The average Bonchev–Trinajstić information content (AvgIpc) is 2.67. The Balaban J connectivity index is 2.47. The molecule has 1 atom stereocenters. The molecule has 104 valence electrons. The van der Waals surface area contributed by atoms with Crippen molar-refractivity contribution in [3.63, 3.8) is 0 Å². The fourth-order valence-corrected chi connectivity index (χ4v) is 2.85. The van der Waals surface area contributed by atoms with Crippen LogP contribution in [0.5, 0.6) is 5.75 Å². The van der Waals surface area contributed by atoms with Crippen molar-refractivity contribution >= 4 is 11.7 Å². The Bertz CT molecular complexity index is 508. The van der Waals surface area contributed by atoms with Crippen molar-refractivity contribution in [2.24, 2.45) is 5.41 Å². The number of hydrogen-bond donors (Lipinski definition) is 2. The minimum absolute atomic E-state index is 0.0956. The molecule has 0 saturated heterocycles. The van der Waals surface area contributed by atoms with Gasteiger partial charge in [-0.3, -0.25) is 4.79 Å². The summed E-state index contributed by atoms with van der Waals surface area (Å²) in [5, 5.41) is 19.0. The van der Waals surface area contributed by atoms with Crippen LogP contribution in [-0.2, 0) is 11.2 Å². The quantitative estimate of drug-likeness (QED) is 0.880. The molecular weight excluding hydrogens is 242 g/mol. The molecule has 0 radical (unpaired) electrons. The third-order valence-electron chi connectivity index (χ3n) is 4.03. The molecule has 0 saturated carbocycles. The normalized spacial score (nSPS) is 18.8. The Labute approximate surface area is 113 Å². The predicted molar refractivity (Wildman–Crippen MR) is 74.6 cm³/mol. The second kappa shape index (κ2) is 4.44. The lowest BCUT2D eigenvalue weighted by Crippen LogP contribution is -2.50. The molecule has 0 bridgehead atoms. The SMILES string of the molecule is CC(C)N1c2ccc(O)cc2CC1C(C)(C)C(=O)O. The van der Waals surface area contributed by atoms with E-state index < -0.39 is 11.4 Å². The summed E-state index contributed by atoms with van der Waals surface area (Å²) in [5.41, 5.74) is 1.22. The number of phenolic OH excluding ortho intramolecular Hbond substituents is 1. The third kappa shape index (κ3) is 2.15. The summed E-state index contributed by atoms with van der Waals surface area (Å²) in [4.78, 5) is 13.7. The first-order chi connectivity index (χ1) is 8.75. The van der Waals surface area contributed by atoms with Crippen molar-refractivity contribution in [1.29, 1.82) is 0 Å². The maximum atomic E-state index is 11.5. The predicted octanol–water partition coefficient (Wildman–Crippen LogP) is 2.64. The van der Waals surface area contributed by atoms with Gasteiger partial charge in [0.05, 0.1) is 5.41 Å². The molecule has 1 aliphatic rings. The molecule has 0 aliphatic carbocycles. The monoisotopic (exact) mass is 263 g/mol. The number of carboxylic acid groups (broad SMARTS) is 1. The lowest BCUT2D eigenvalue weighted by atomic mass is 9.82. The summed E-state index contributed by atoms with van der Waals surface area (Å²) in [6, 6.07) is 5.39. The van der Waals surface area contributed by atoms with Gasteiger partial charge in [0.2, 0.25) is 0 Å². The van der Waals surface area contributed by atoms with E-state index in [1.165, 1.54) is 0 Å². The highest BCUT2D eigenvalue weighted by Crippen LogP contribution is 2.42. The van der Waals surface area contributed by atoms with E-state index in [2.05, 4.69) is 18.7 Å². The number of benzene rings is 1. The Morgan fingerprint density at radius 3 is 2.58 bits per heavy atom. The summed E-state index contributed by atoms with van der Waals surface area (Å²) in [6.45, 7) is 7.65. The molecule has 0 fully saturated rings. The van der Waals surface area contributed by atoms with Crippen LogP contribution in [0.4, 0.5) is 5.69 Å². The van der Waals surface area contributed by atoms with Gasteiger partial charge in [0.15, 0.2) is 0 Å². The van der Waals surface area contributed by atoms with Gasteiger partial charge in [-0.2, -0.15) is 0 Å². The van der Waals surface area contributed by atoms with Crippen LogP contribution in [0, 0.1) is 5.41 Å². The molecule has 0 spiro atoms. The lowest BCUT2D eigenvalue weighted by molar-refractivity contribution is -0.148. The van der Waals surface area contributed by atoms with Crippen LogP contribution in [0.3, 0.4) is 0 Å². The molecule has 2 rings (SSSR count). The number of rotatable bonds is 3. The Hall–Kier alpha value is -1.71. The third-order valence-corrected chi connectivity index (χ3v) is 4.03. The van der Waals surface area contributed by atoms with Gasteiger partial charge in [-0.05, 0) is 57.9 Å². The first-order valence-corrected chi connectivity index (χ1v) is 6.58. The van der Waals surface area contributed by atoms with Crippen LogP contribution in [0.1, 0.15) is 33.3 Å². The topological polar surface area (TPSA) is 60.8 Å². The van der Waals surface area contributed by atoms with Crippen LogP contribution in [-0.4, -0.2) is 28.3 Å². The minimum Gasteiger partial charge on any atom is -0.508 e.